The van der Waals surface area contributed by atoms with Crippen LogP contribution in [0, 0.1) is 27.7 Å². The first-order valence-electron chi connectivity index (χ1n) is 36.3. The molecule has 18 aromatic rings. The number of halogens is 8. The summed E-state index contributed by atoms with van der Waals surface area (Å²) in [5.74, 6) is 9.54. The molecular formula is C75H75F8N37Pt4. The Kier molecular flexibility index (Phi) is 37.2. The molecule has 0 amide bonds. The fraction of sp³-hybridized carbons (Fsp3) is 0.267. The summed E-state index contributed by atoms with van der Waals surface area (Å²) in [6.45, 7) is 19.6. The van der Waals surface area contributed by atoms with Gasteiger partial charge in [0.15, 0.2) is 0 Å². The summed E-state index contributed by atoms with van der Waals surface area (Å²) in [6.07, 6.45) is 17.3. The van der Waals surface area contributed by atoms with Gasteiger partial charge in [-0.1, -0.05) is 53.5 Å². The minimum atomic E-state index is -2.70. The molecule has 656 valence electrons. The second kappa shape index (κ2) is 46.8. The molecule has 37 nitrogen and oxygen atoms in total. The molecule has 16 heterocycles. The fourth-order valence-electron chi connectivity index (χ4n) is 10.7. The SMILES string of the molecule is CC(C)n1ccnc1-c1cc(C(F)F)n[n-]1.Cc1n[n-]c(-c2nccn2-c2ccccc2)n1.Cc1n[n-]c(-c2nccn2-c2ccccc2)n1.Cc1n[n-]c(-c2nccn2C(C)C)n1.Cc1n[n-]c(-c2nccn2C(C)C)n1.Cn1ccnc1-c1cc(C(F)F)n[n-]1.Cn1ccnc1-c1cc(C(F)F)n[n-]1.Cn1ccnc1-c1nc(C(F)F)n[n-]1.[Pt+2].[Pt+2].[Pt+2].[Pt+2]. The van der Waals surface area contributed by atoms with Crippen molar-refractivity contribution in [3.8, 4) is 104 Å². The van der Waals surface area contributed by atoms with Gasteiger partial charge in [-0.25, -0.2) is 75.0 Å². The molecule has 0 aliphatic heterocycles. The van der Waals surface area contributed by atoms with Gasteiger partial charge in [0.25, 0.3) is 25.7 Å². The minimum Gasteiger partial charge on any atom is -0.572 e. The zero-order chi connectivity index (χ0) is 85.7. The van der Waals surface area contributed by atoms with Crippen LogP contribution in [0.4, 0.5) is 35.1 Å². The Labute approximate surface area is 759 Å². The molecule has 49 heteroatoms. The summed E-state index contributed by atoms with van der Waals surface area (Å²) in [4.78, 5) is 53.3. The maximum Gasteiger partial charge on any atom is 2.00 e. The van der Waals surface area contributed by atoms with E-state index in [2.05, 4.69) is 174 Å². The molecule has 0 fully saturated rings. The van der Waals surface area contributed by atoms with Gasteiger partial charge in [0.2, 0.25) is 0 Å². The molecule has 18 rings (SSSR count). The van der Waals surface area contributed by atoms with E-state index in [0.29, 0.717) is 111 Å². The first kappa shape index (κ1) is 98.8. The molecule has 0 aliphatic carbocycles. The molecule has 0 spiro atoms. The van der Waals surface area contributed by atoms with Crippen molar-refractivity contribution >= 4 is 0 Å². The van der Waals surface area contributed by atoms with Crippen LogP contribution in [0.1, 0.15) is 132 Å². The summed E-state index contributed by atoms with van der Waals surface area (Å²) < 4.78 is 113. The molecule has 0 N–H and O–H groups in total. The summed E-state index contributed by atoms with van der Waals surface area (Å²) in [6, 6.07) is 24.6. The second-order valence-electron chi connectivity index (χ2n) is 26.1. The molecule has 0 aliphatic rings. The number of hydrogen-bond donors (Lipinski definition) is 0. The normalized spacial score (nSPS) is 10.7. The van der Waals surface area contributed by atoms with Crippen molar-refractivity contribution in [2.45, 2.75) is 113 Å². The number of rotatable bonds is 17. The van der Waals surface area contributed by atoms with Crippen LogP contribution >= 0.6 is 0 Å². The van der Waals surface area contributed by atoms with E-state index in [0.717, 1.165) is 23.0 Å². The topological polar surface area (TPSA) is 423 Å². The van der Waals surface area contributed by atoms with Crippen molar-refractivity contribution < 1.29 is 119 Å². The van der Waals surface area contributed by atoms with E-state index in [1.807, 2.05) is 150 Å². The van der Waals surface area contributed by atoms with E-state index in [1.54, 1.807) is 103 Å². The fourth-order valence-corrected chi connectivity index (χ4v) is 10.7. The smallest absolute Gasteiger partial charge is 0.572 e. The predicted molar refractivity (Wildman–Crippen MR) is 415 cm³/mol. The van der Waals surface area contributed by atoms with Gasteiger partial charge in [-0.05, 0) is 112 Å². The summed E-state index contributed by atoms with van der Waals surface area (Å²) in [5, 5.41) is 59.3. The van der Waals surface area contributed by atoms with Crippen LogP contribution < -0.4 is 40.8 Å². The molecule has 0 saturated carbocycles. The van der Waals surface area contributed by atoms with E-state index < -0.39 is 31.5 Å². The van der Waals surface area contributed by atoms with Gasteiger partial charge in [-0.2, -0.15) is 0 Å². The van der Waals surface area contributed by atoms with Crippen LogP contribution in [-0.2, 0) is 105 Å². The molecule has 0 bridgehead atoms. The molecule has 0 unspecified atom stereocenters. The Morgan fingerprint density at radius 2 is 0.540 bits per heavy atom. The van der Waals surface area contributed by atoms with E-state index in [4.69, 9.17) is 0 Å². The number of imidazole rings is 8. The van der Waals surface area contributed by atoms with Crippen molar-refractivity contribution in [2.24, 2.45) is 21.1 Å². The van der Waals surface area contributed by atoms with Crippen LogP contribution in [0.5, 0.6) is 0 Å². The number of aryl methyl sites for hydroxylation is 7. The second-order valence-corrected chi connectivity index (χ2v) is 26.1. The van der Waals surface area contributed by atoms with Crippen molar-refractivity contribution in [1.82, 2.24) is 183 Å². The molecule has 2 aromatic carbocycles. The molecular weight excluding hydrogens is 2350 g/mol. The molecule has 16 aromatic heterocycles. The Morgan fingerprint density at radius 1 is 0.274 bits per heavy atom. The van der Waals surface area contributed by atoms with E-state index in [9.17, 15) is 35.1 Å². The quantitative estimate of drug-likeness (QED) is 0.0764. The van der Waals surface area contributed by atoms with Crippen LogP contribution in [-0.4, -0.2) is 142 Å². The number of aromatic nitrogens is 37. The number of benzene rings is 2. The van der Waals surface area contributed by atoms with Gasteiger partial charge >= 0.3 is 84.3 Å². The molecule has 0 atom stereocenters. The molecule has 124 heavy (non-hydrogen) atoms. The third kappa shape index (κ3) is 25.9. The maximum absolute atomic E-state index is 12.4. The predicted octanol–water partition coefficient (Wildman–Crippen LogP) is 11.5. The third-order valence-corrected chi connectivity index (χ3v) is 16.4. The van der Waals surface area contributed by atoms with Crippen LogP contribution in [0.15, 0.2) is 178 Å². The van der Waals surface area contributed by atoms with Crippen LogP contribution in [0.3, 0.4) is 0 Å². The monoisotopic (exact) mass is 2430 g/mol. The van der Waals surface area contributed by atoms with Gasteiger partial charge < -0.3 is 118 Å². The van der Waals surface area contributed by atoms with Gasteiger partial charge in [-0.3, -0.25) is 25.5 Å². The van der Waals surface area contributed by atoms with Crippen molar-refractivity contribution in [3.05, 3.63) is 224 Å². The van der Waals surface area contributed by atoms with Gasteiger partial charge in [-0.15, -0.1) is 0 Å². The van der Waals surface area contributed by atoms with E-state index in [1.165, 1.54) is 24.4 Å². The number of nitrogens with zero attached hydrogens (tertiary/aromatic N) is 37. The summed E-state index contributed by atoms with van der Waals surface area (Å²) >= 11 is 0. The maximum atomic E-state index is 12.4. The first-order chi connectivity index (χ1) is 57.7. The average molecular weight is 2430 g/mol. The average Bonchev–Trinajstić information content (AvgIpc) is 1.67. The Hall–Kier alpha value is -12.4. The Bertz CT molecular complexity index is 5690. The summed E-state index contributed by atoms with van der Waals surface area (Å²) in [7, 11) is 5.25. The van der Waals surface area contributed by atoms with Crippen LogP contribution in [0.2, 0.25) is 0 Å². The number of hydrogen-bond acceptors (Lipinski definition) is 21. The largest absolute Gasteiger partial charge is 2.00 e. The van der Waals surface area contributed by atoms with Crippen molar-refractivity contribution in [3.63, 3.8) is 0 Å². The minimum absolute atomic E-state index is 0. The third-order valence-electron chi connectivity index (χ3n) is 16.4. The molecule has 0 saturated heterocycles. The number of alkyl halides is 8. The first-order valence-corrected chi connectivity index (χ1v) is 36.3. The summed E-state index contributed by atoms with van der Waals surface area (Å²) in [5.41, 5.74) is 2.24. The zero-order valence-corrected chi connectivity index (χ0v) is 76.7. The van der Waals surface area contributed by atoms with E-state index in [-0.39, 0.29) is 113 Å². The Morgan fingerprint density at radius 3 is 0.823 bits per heavy atom. The van der Waals surface area contributed by atoms with Gasteiger partial charge in [0.05, 0.1) is 22.9 Å². The van der Waals surface area contributed by atoms with E-state index >= 15 is 0 Å². The van der Waals surface area contributed by atoms with Crippen molar-refractivity contribution in [1.29, 1.82) is 0 Å². The zero-order valence-electron chi connectivity index (χ0n) is 67.6. The Balaban J connectivity index is 0.000000194. The van der Waals surface area contributed by atoms with Crippen LogP contribution in [0.25, 0.3) is 104 Å². The number of para-hydroxylation sites is 2. The van der Waals surface area contributed by atoms with Crippen molar-refractivity contribution in [2.75, 3.05) is 0 Å². The standard InChI is InChI=1S/2C12H10N5.C10H11F2N4.2C9H12N5.2C8H7F2N4.C7H6F2N5.4Pt/c2*1-9-14-11(16-15-9)12-13-7-8-17(12)10-5-3-2-4-6-10;1-6(2)16-4-3-13-10(16)8-5-7(9(11)12)14-15-8;2*1-6(2)14-5-4-10-9(14)8-11-7(3)12-13-8;2*1-14-3-2-11-8(14)6-4-5(7(9)10)12-13-6;1-14-3-2-10-7(14)6-11-5(4(8)9)12-13-6;;;;/h2*2-8H,1H3;3-6,9H,1-2H3;2*4-6H,1-3H3;2*2-4,7H,1H3;2-4H,1H3;;;;/q8*-1;4*+2. The van der Waals surface area contributed by atoms with Gasteiger partial charge in [0, 0.05) is 202 Å². The molecule has 0 radical (unpaired) electrons. The van der Waals surface area contributed by atoms with Gasteiger partial charge in [0.1, 0.15) is 46.6 Å².